The highest BCUT2D eigenvalue weighted by atomic mass is 32.2. The smallest absolute Gasteiger partial charge is 0.251 e. The van der Waals surface area contributed by atoms with Crippen molar-refractivity contribution in [2.75, 3.05) is 26.0 Å². The summed E-state index contributed by atoms with van der Waals surface area (Å²) in [6.45, 7) is 1.75. The van der Waals surface area contributed by atoms with Crippen molar-refractivity contribution in [1.82, 2.24) is 10.6 Å². The van der Waals surface area contributed by atoms with Crippen LogP contribution in [-0.4, -0.2) is 52.4 Å². The summed E-state index contributed by atoms with van der Waals surface area (Å²) in [6, 6.07) is 8.51. The number of carbonyl (C=O) groups is 1. The molecule has 0 bridgehead atoms. The molecule has 2 heterocycles. The Kier molecular flexibility index (Phi) is 6.65. The van der Waals surface area contributed by atoms with E-state index in [4.69, 9.17) is 9.47 Å². The van der Waals surface area contributed by atoms with Gasteiger partial charge in [0.05, 0.1) is 11.0 Å². The maximum absolute atomic E-state index is 15.0. The molecule has 0 saturated carbocycles. The van der Waals surface area contributed by atoms with Gasteiger partial charge in [0, 0.05) is 31.4 Å². The van der Waals surface area contributed by atoms with Crippen molar-refractivity contribution in [3.05, 3.63) is 47.3 Å². The van der Waals surface area contributed by atoms with E-state index in [9.17, 15) is 18.5 Å². The lowest BCUT2D eigenvalue weighted by Gasteiger charge is -2.23. The first-order valence-electron chi connectivity index (χ1n) is 10.6. The molecular weight excluding hydrogens is 449 g/mol. The Hall–Kier alpha value is -3.00. The van der Waals surface area contributed by atoms with Gasteiger partial charge >= 0.3 is 0 Å². The molecule has 174 valence electrons. The van der Waals surface area contributed by atoms with Crippen LogP contribution in [-0.2, 0) is 32.4 Å². The molecule has 2 N–H and O–H groups in total. The van der Waals surface area contributed by atoms with E-state index in [0.29, 0.717) is 30.0 Å². The number of nitriles is 1. The Bertz CT molecular complexity index is 1220. The van der Waals surface area contributed by atoms with Gasteiger partial charge in [0.1, 0.15) is 30.3 Å². The van der Waals surface area contributed by atoms with Gasteiger partial charge in [-0.3, -0.25) is 4.79 Å². The Morgan fingerprint density at radius 2 is 2.15 bits per heavy atom. The summed E-state index contributed by atoms with van der Waals surface area (Å²) in [5.74, 6) is -0.603. The molecule has 0 aromatic heterocycles. The molecule has 0 spiro atoms. The molecule has 0 aliphatic carbocycles. The van der Waals surface area contributed by atoms with Crippen molar-refractivity contribution in [2.24, 2.45) is 0 Å². The minimum absolute atomic E-state index is 0.0545. The molecule has 2 aliphatic rings. The zero-order valence-corrected chi connectivity index (χ0v) is 18.9. The van der Waals surface area contributed by atoms with Crippen LogP contribution in [0.4, 0.5) is 4.39 Å². The van der Waals surface area contributed by atoms with E-state index < -0.39 is 33.7 Å². The first-order valence-corrected chi connectivity index (χ1v) is 12.5. The largest absolute Gasteiger partial charge is 0.488 e. The topological polar surface area (TPSA) is 118 Å². The van der Waals surface area contributed by atoms with Crippen LogP contribution in [0, 0.1) is 17.1 Å². The molecule has 2 aromatic carbocycles. The molecule has 10 heteroatoms. The van der Waals surface area contributed by atoms with E-state index in [1.807, 2.05) is 6.07 Å². The Morgan fingerprint density at radius 3 is 2.91 bits per heavy atom. The number of fused-ring (bicyclic) bond motifs is 3. The van der Waals surface area contributed by atoms with Crippen molar-refractivity contribution < 1.29 is 27.1 Å². The molecular formula is C23H24FN3O5S. The second-order valence-corrected chi connectivity index (χ2v) is 10.1. The van der Waals surface area contributed by atoms with E-state index in [-0.39, 0.29) is 23.5 Å². The molecule has 2 atom stereocenters. The van der Waals surface area contributed by atoms with Crippen LogP contribution in [0.5, 0.6) is 5.75 Å². The number of nitrogens with one attached hydrogen (secondary N) is 2. The quantitative estimate of drug-likeness (QED) is 0.679. The first kappa shape index (κ1) is 23.2. The lowest BCUT2D eigenvalue weighted by atomic mass is 9.94. The maximum atomic E-state index is 15.0. The third-order valence-electron chi connectivity index (χ3n) is 5.67. The van der Waals surface area contributed by atoms with Crippen LogP contribution >= 0.6 is 0 Å². The second-order valence-electron chi connectivity index (χ2n) is 8.13. The van der Waals surface area contributed by atoms with E-state index in [2.05, 4.69) is 10.6 Å². The number of hydrogen-bond donors (Lipinski definition) is 2. The van der Waals surface area contributed by atoms with Crippen molar-refractivity contribution in [3.8, 4) is 22.9 Å². The molecule has 1 amide bonds. The molecule has 8 nitrogen and oxygen atoms in total. The first-order chi connectivity index (χ1) is 15.8. The van der Waals surface area contributed by atoms with Crippen molar-refractivity contribution in [3.63, 3.8) is 0 Å². The molecule has 1 saturated heterocycles. The number of benzene rings is 2. The number of nitrogens with zero attached hydrogens (tertiary/aromatic N) is 1. The summed E-state index contributed by atoms with van der Waals surface area (Å²) in [5.41, 5.74) is 2.00. The average Bonchev–Trinajstić information content (AvgIpc) is 3.08. The Morgan fingerprint density at radius 1 is 1.33 bits per heavy atom. The Labute approximate surface area is 191 Å². The molecule has 2 aromatic rings. The fourth-order valence-electron chi connectivity index (χ4n) is 3.90. The monoisotopic (exact) mass is 473 g/mol. The van der Waals surface area contributed by atoms with Gasteiger partial charge in [-0.15, -0.1) is 0 Å². The van der Waals surface area contributed by atoms with E-state index in [0.717, 1.165) is 24.8 Å². The molecule has 0 radical (unpaired) electrons. The van der Waals surface area contributed by atoms with E-state index >= 15 is 4.39 Å². The highest BCUT2D eigenvalue weighted by molar-refractivity contribution is 7.90. The van der Waals surface area contributed by atoms with Gasteiger partial charge in [-0.2, -0.15) is 5.26 Å². The van der Waals surface area contributed by atoms with Crippen LogP contribution in [0.15, 0.2) is 35.2 Å². The van der Waals surface area contributed by atoms with Gasteiger partial charge in [-0.25, -0.2) is 12.8 Å². The number of amides is 1. The average molecular weight is 474 g/mol. The van der Waals surface area contributed by atoms with E-state index in [1.54, 1.807) is 6.07 Å². The third kappa shape index (κ3) is 5.16. The zero-order valence-electron chi connectivity index (χ0n) is 18.1. The lowest BCUT2D eigenvalue weighted by molar-refractivity contribution is -0.132. The molecule has 2 aliphatic heterocycles. The number of halogens is 1. The molecule has 1 fully saturated rings. The van der Waals surface area contributed by atoms with Crippen LogP contribution in [0.25, 0.3) is 11.1 Å². The normalized spacial score (nSPS) is 18.6. The van der Waals surface area contributed by atoms with Gasteiger partial charge in [-0.1, -0.05) is 6.07 Å². The zero-order chi connectivity index (χ0) is 23.6. The summed E-state index contributed by atoms with van der Waals surface area (Å²) in [5, 5.41) is 15.2. The minimum Gasteiger partial charge on any atom is -0.488 e. The fourth-order valence-corrected chi connectivity index (χ4v) is 4.54. The summed E-state index contributed by atoms with van der Waals surface area (Å²) in [6.07, 6.45) is 1.15. The summed E-state index contributed by atoms with van der Waals surface area (Å²) >= 11 is 0. The van der Waals surface area contributed by atoms with Gasteiger partial charge in [0.25, 0.3) is 5.91 Å². The van der Waals surface area contributed by atoms with Crippen LogP contribution in [0.2, 0.25) is 0 Å². The number of ether oxygens (including phenoxy) is 2. The highest BCUT2D eigenvalue weighted by Crippen LogP contribution is 2.40. The number of hydrogen-bond acceptors (Lipinski definition) is 7. The van der Waals surface area contributed by atoms with E-state index in [1.165, 1.54) is 24.3 Å². The summed E-state index contributed by atoms with van der Waals surface area (Å²) in [4.78, 5) is 12.6. The maximum Gasteiger partial charge on any atom is 0.251 e. The SMILES string of the molecule is CS(=O)(=O)c1ccc2c(c1)-c1cc(F)c(C[C@@H](C#N)NC(=O)[C@@H]3CNCCCO3)cc1OC2. The van der Waals surface area contributed by atoms with Crippen LogP contribution in [0.1, 0.15) is 17.5 Å². The van der Waals surface area contributed by atoms with Gasteiger partial charge < -0.3 is 20.1 Å². The summed E-state index contributed by atoms with van der Waals surface area (Å²) in [7, 11) is -3.43. The number of sulfone groups is 1. The Balaban J connectivity index is 1.56. The lowest BCUT2D eigenvalue weighted by Crippen LogP contribution is -2.46. The molecule has 4 rings (SSSR count). The molecule has 33 heavy (non-hydrogen) atoms. The summed E-state index contributed by atoms with van der Waals surface area (Å²) < 4.78 is 50.2. The van der Waals surface area contributed by atoms with Crippen LogP contribution < -0.4 is 15.4 Å². The van der Waals surface area contributed by atoms with Gasteiger partial charge in [0.15, 0.2) is 9.84 Å². The molecule has 0 unspecified atom stereocenters. The number of rotatable bonds is 5. The van der Waals surface area contributed by atoms with Crippen molar-refractivity contribution >= 4 is 15.7 Å². The van der Waals surface area contributed by atoms with Crippen molar-refractivity contribution in [2.45, 2.75) is 36.5 Å². The third-order valence-corrected chi connectivity index (χ3v) is 6.78. The standard InChI is InChI=1S/C23H24FN3O5S/c1-33(29,30)17-4-3-14-13-32-21-8-15(20(24)10-19(21)18(14)9-17)7-16(11-25)27-23(28)22-12-26-5-2-6-31-22/h3-4,8-10,16,22,26H,2,5-7,12-13H2,1H3,(H,27,28)/t16-,22-/m0/s1. The highest BCUT2D eigenvalue weighted by Gasteiger charge is 2.26. The van der Waals surface area contributed by atoms with Crippen molar-refractivity contribution in [1.29, 1.82) is 5.26 Å². The predicted octanol–water partition coefficient (Wildman–Crippen LogP) is 1.72. The van der Waals surface area contributed by atoms with Crippen LogP contribution in [0.3, 0.4) is 0 Å². The van der Waals surface area contributed by atoms with Gasteiger partial charge in [-0.05, 0) is 53.9 Å². The number of carbonyl (C=O) groups excluding carboxylic acids is 1. The minimum atomic E-state index is -3.43. The predicted molar refractivity (Wildman–Crippen MR) is 118 cm³/mol. The fraction of sp³-hybridized carbons (Fsp3) is 0.391. The second kappa shape index (κ2) is 9.47. The van der Waals surface area contributed by atoms with Gasteiger partial charge in [0.2, 0.25) is 0 Å².